The quantitative estimate of drug-likeness (QED) is 0.837. The highest BCUT2D eigenvalue weighted by molar-refractivity contribution is 5.89. The molecule has 1 aromatic rings. The van der Waals surface area contributed by atoms with Gasteiger partial charge >= 0.3 is 6.03 Å². The number of likely N-dealkylation sites (tertiary alicyclic amines) is 1. The van der Waals surface area contributed by atoms with Crippen molar-refractivity contribution in [3.8, 4) is 5.75 Å². The second-order valence-electron chi connectivity index (χ2n) is 4.49. The maximum Gasteiger partial charge on any atom is 0.321 e. The number of carbonyl (C=O) groups excluding carboxylic acids is 1. The maximum atomic E-state index is 12.0. The van der Waals surface area contributed by atoms with Crippen LogP contribution in [0.25, 0.3) is 0 Å². The Morgan fingerprint density at radius 2 is 2.17 bits per heavy atom. The van der Waals surface area contributed by atoms with Gasteiger partial charge in [0.1, 0.15) is 5.75 Å². The molecule has 0 spiro atoms. The molecule has 2 rings (SSSR count). The van der Waals surface area contributed by atoms with Crippen molar-refractivity contribution in [3.05, 3.63) is 24.3 Å². The number of carbonyl (C=O) groups is 1. The van der Waals surface area contributed by atoms with Crippen LogP contribution in [0.4, 0.5) is 10.5 Å². The lowest BCUT2D eigenvalue weighted by molar-refractivity contribution is 0.195. The second-order valence-corrected chi connectivity index (χ2v) is 4.49. The van der Waals surface area contributed by atoms with Gasteiger partial charge in [-0.15, -0.1) is 0 Å². The third-order valence-electron chi connectivity index (χ3n) is 3.15. The molecule has 1 fully saturated rings. The lowest BCUT2D eigenvalue weighted by Gasteiger charge is -2.30. The minimum atomic E-state index is -0.0739. The zero-order chi connectivity index (χ0) is 13.0. The summed E-state index contributed by atoms with van der Waals surface area (Å²) in [5.74, 6) is 0.730. The fourth-order valence-electron chi connectivity index (χ4n) is 2.01. The Kier molecular flexibility index (Phi) is 4.04. The van der Waals surface area contributed by atoms with E-state index in [9.17, 15) is 4.79 Å². The van der Waals surface area contributed by atoms with E-state index in [1.807, 2.05) is 18.2 Å². The standard InChI is InChI=1S/C13H19N3O2/c1-18-12-4-2-3-11(9-12)15-13(17)16-7-5-10(14)6-8-16/h2-4,9-10H,5-8,14H2,1H3,(H,15,17). The molecule has 0 bridgehead atoms. The minimum absolute atomic E-state index is 0.0739. The summed E-state index contributed by atoms with van der Waals surface area (Å²) in [6.07, 6.45) is 1.73. The van der Waals surface area contributed by atoms with Gasteiger partial charge in [0.05, 0.1) is 7.11 Å². The lowest BCUT2D eigenvalue weighted by Crippen LogP contribution is -2.44. The van der Waals surface area contributed by atoms with Gasteiger partial charge in [-0.1, -0.05) is 6.07 Å². The Morgan fingerprint density at radius 1 is 1.44 bits per heavy atom. The smallest absolute Gasteiger partial charge is 0.321 e. The number of methoxy groups -OCH3 is 1. The highest BCUT2D eigenvalue weighted by Gasteiger charge is 2.20. The van der Waals surface area contributed by atoms with E-state index in [1.54, 1.807) is 18.1 Å². The number of nitrogens with two attached hydrogens (primary N) is 1. The molecular weight excluding hydrogens is 230 g/mol. The number of hydrogen-bond acceptors (Lipinski definition) is 3. The summed E-state index contributed by atoms with van der Waals surface area (Å²) in [5.41, 5.74) is 6.56. The van der Waals surface area contributed by atoms with Gasteiger partial charge in [0.2, 0.25) is 0 Å². The molecule has 5 heteroatoms. The number of hydrogen-bond donors (Lipinski definition) is 2. The number of benzene rings is 1. The van der Waals surface area contributed by atoms with Crippen molar-refractivity contribution < 1.29 is 9.53 Å². The van der Waals surface area contributed by atoms with Gasteiger partial charge in [0, 0.05) is 30.9 Å². The third-order valence-corrected chi connectivity index (χ3v) is 3.15. The summed E-state index contributed by atoms with van der Waals surface area (Å²) in [7, 11) is 1.60. The van der Waals surface area contributed by atoms with Crippen LogP contribution in [0.1, 0.15) is 12.8 Å². The Bertz CT molecular complexity index is 414. The molecule has 3 N–H and O–H groups in total. The van der Waals surface area contributed by atoms with E-state index < -0.39 is 0 Å². The van der Waals surface area contributed by atoms with Crippen LogP contribution >= 0.6 is 0 Å². The normalized spacial score (nSPS) is 16.4. The molecule has 98 valence electrons. The monoisotopic (exact) mass is 249 g/mol. The van der Waals surface area contributed by atoms with Crippen LogP contribution < -0.4 is 15.8 Å². The van der Waals surface area contributed by atoms with E-state index in [-0.39, 0.29) is 12.1 Å². The SMILES string of the molecule is COc1cccc(NC(=O)N2CCC(N)CC2)c1. The number of nitrogens with zero attached hydrogens (tertiary/aromatic N) is 1. The average molecular weight is 249 g/mol. The molecule has 18 heavy (non-hydrogen) atoms. The molecule has 0 atom stereocenters. The number of ether oxygens (including phenoxy) is 1. The van der Waals surface area contributed by atoms with Crippen LogP contribution in [0.2, 0.25) is 0 Å². The average Bonchev–Trinajstić information content (AvgIpc) is 2.39. The summed E-state index contributed by atoms with van der Waals surface area (Å²) in [6.45, 7) is 1.44. The number of anilines is 1. The van der Waals surface area contributed by atoms with Gasteiger partial charge in [0.25, 0.3) is 0 Å². The highest BCUT2D eigenvalue weighted by atomic mass is 16.5. The Labute approximate surface area is 107 Å². The fourth-order valence-corrected chi connectivity index (χ4v) is 2.01. The summed E-state index contributed by atoms with van der Waals surface area (Å²) in [6, 6.07) is 7.49. The molecule has 0 unspecified atom stereocenters. The van der Waals surface area contributed by atoms with Gasteiger partial charge in [0.15, 0.2) is 0 Å². The predicted octanol–water partition coefficient (Wildman–Crippen LogP) is 1.65. The predicted molar refractivity (Wildman–Crippen MR) is 70.8 cm³/mol. The summed E-state index contributed by atoms with van der Waals surface area (Å²) >= 11 is 0. The number of piperidine rings is 1. The first-order valence-electron chi connectivity index (χ1n) is 6.14. The first-order chi connectivity index (χ1) is 8.69. The first kappa shape index (κ1) is 12.7. The van der Waals surface area contributed by atoms with Crippen LogP contribution in [-0.4, -0.2) is 37.2 Å². The van der Waals surface area contributed by atoms with Crippen molar-refractivity contribution in [1.82, 2.24) is 4.90 Å². The zero-order valence-electron chi connectivity index (χ0n) is 10.6. The molecule has 0 saturated carbocycles. The zero-order valence-corrected chi connectivity index (χ0v) is 10.6. The minimum Gasteiger partial charge on any atom is -0.497 e. The number of urea groups is 1. The van der Waals surface area contributed by atoms with Gasteiger partial charge in [-0.05, 0) is 25.0 Å². The molecule has 0 aliphatic carbocycles. The van der Waals surface area contributed by atoms with E-state index >= 15 is 0 Å². The Balaban J connectivity index is 1.94. The van der Waals surface area contributed by atoms with Crippen LogP contribution in [0, 0.1) is 0 Å². The molecule has 0 aromatic heterocycles. The Morgan fingerprint density at radius 3 is 2.83 bits per heavy atom. The fraction of sp³-hybridized carbons (Fsp3) is 0.462. The summed E-state index contributed by atoms with van der Waals surface area (Å²) in [4.78, 5) is 13.8. The van der Waals surface area contributed by atoms with Crippen LogP contribution in [0.15, 0.2) is 24.3 Å². The molecule has 1 saturated heterocycles. The van der Waals surface area contributed by atoms with E-state index in [0.717, 1.165) is 37.4 Å². The molecule has 1 aliphatic heterocycles. The van der Waals surface area contributed by atoms with E-state index in [1.165, 1.54) is 0 Å². The molecule has 0 radical (unpaired) electrons. The topological polar surface area (TPSA) is 67.6 Å². The van der Waals surface area contributed by atoms with Crippen molar-refractivity contribution >= 4 is 11.7 Å². The maximum absolute atomic E-state index is 12.0. The van der Waals surface area contributed by atoms with Crippen molar-refractivity contribution in [1.29, 1.82) is 0 Å². The van der Waals surface area contributed by atoms with E-state index in [2.05, 4.69) is 5.32 Å². The van der Waals surface area contributed by atoms with E-state index in [4.69, 9.17) is 10.5 Å². The molecule has 1 aliphatic rings. The Hall–Kier alpha value is -1.75. The van der Waals surface area contributed by atoms with Crippen molar-refractivity contribution in [3.63, 3.8) is 0 Å². The summed E-state index contributed by atoms with van der Waals surface area (Å²) in [5, 5.41) is 2.87. The molecule has 1 aromatic carbocycles. The first-order valence-corrected chi connectivity index (χ1v) is 6.14. The third kappa shape index (κ3) is 3.13. The highest BCUT2D eigenvalue weighted by Crippen LogP contribution is 2.18. The number of nitrogens with one attached hydrogen (secondary N) is 1. The molecule has 1 heterocycles. The van der Waals surface area contributed by atoms with Gasteiger partial charge in [-0.25, -0.2) is 4.79 Å². The van der Waals surface area contributed by atoms with Crippen molar-refractivity contribution in [2.45, 2.75) is 18.9 Å². The van der Waals surface area contributed by atoms with Crippen molar-refractivity contribution in [2.24, 2.45) is 5.73 Å². The summed E-state index contributed by atoms with van der Waals surface area (Å²) < 4.78 is 5.11. The van der Waals surface area contributed by atoms with Crippen molar-refractivity contribution in [2.75, 3.05) is 25.5 Å². The van der Waals surface area contributed by atoms with E-state index in [0.29, 0.717) is 0 Å². The molecule has 2 amide bonds. The van der Waals surface area contributed by atoms with Crippen LogP contribution in [0.3, 0.4) is 0 Å². The lowest BCUT2D eigenvalue weighted by atomic mass is 10.1. The van der Waals surface area contributed by atoms with Gasteiger partial charge in [-0.2, -0.15) is 0 Å². The van der Waals surface area contributed by atoms with Gasteiger partial charge < -0.3 is 20.7 Å². The van der Waals surface area contributed by atoms with Crippen LogP contribution in [0.5, 0.6) is 5.75 Å². The number of rotatable bonds is 2. The molecule has 5 nitrogen and oxygen atoms in total. The van der Waals surface area contributed by atoms with Gasteiger partial charge in [-0.3, -0.25) is 0 Å². The largest absolute Gasteiger partial charge is 0.497 e. The van der Waals surface area contributed by atoms with Crippen LogP contribution in [-0.2, 0) is 0 Å². The second kappa shape index (κ2) is 5.73. The molecular formula is C13H19N3O2. The number of amides is 2.